The third kappa shape index (κ3) is 4.48. The molecule has 2 aliphatic heterocycles. The predicted octanol–water partition coefficient (Wildman–Crippen LogP) is 4.16. The fraction of sp³-hybridized carbons (Fsp3) is 0.333. The van der Waals surface area contributed by atoms with E-state index in [-0.39, 0.29) is 42.2 Å². The fourth-order valence-electron chi connectivity index (χ4n) is 3.82. The van der Waals surface area contributed by atoms with Gasteiger partial charge >= 0.3 is 12.1 Å². The summed E-state index contributed by atoms with van der Waals surface area (Å²) in [5, 5.41) is 10.9. The molecule has 184 valence electrons. The molecule has 3 aromatic rings. The molecule has 0 radical (unpaired) electrons. The predicted molar refractivity (Wildman–Crippen MR) is 117 cm³/mol. The van der Waals surface area contributed by atoms with E-state index >= 15 is 0 Å². The second kappa shape index (κ2) is 8.76. The maximum absolute atomic E-state index is 13.9. The quantitative estimate of drug-likeness (QED) is 0.493. The molecule has 2 aromatic heterocycles. The van der Waals surface area contributed by atoms with E-state index < -0.39 is 30.1 Å². The number of hydrogen-bond donors (Lipinski definition) is 2. The summed E-state index contributed by atoms with van der Waals surface area (Å²) >= 11 is 0.978. The lowest BCUT2D eigenvalue weighted by Crippen LogP contribution is -2.35. The van der Waals surface area contributed by atoms with Gasteiger partial charge < -0.3 is 19.5 Å². The number of amides is 1. The number of rotatable bonds is 5. The number of carbonyl (C=O) groups excluding carboxylic acids is 2. The van der Waals surface area contributed by atoms with Gasteiger partial charge in [-0.25, -0.2) is 14.5 Å². The summed E-state index contributed by atoms with van der Waals surface area (Å²) in [5.41, 5.74) is 0.360. The smallest absolute Gasteiger partial charge is 0.410 e. The molecule has 35 heavy (non-hydrogen) atoms. The van der Waals surface area contributed by atoms with Crippen LogP contribution in [0.2, 0.25) is 0 Å². The van der Waals surface area contributed by atoms with Crippen LogP contribution in [-0.2, 0) is 4.74 Å². The van der Waals surface area contributed by atoms with Gasteiger partial charge in [0.15, 0.2) is 34.1 Å². The van der Waals surface area contributed by atoms with E-state index in [9.17, 15) is 22.8 Å². The molecule has 0 spiro atoms. The zero-order valence-electron chi connectivity index (χ0n) is 18.1. The molecule has 2 atom stereocenters. The van der Waals surface area contributed by atoms with E-state index in [1.54, 1.807) is 25.1 Å². The largest absolute Gasteiger partial charge is 0.461 e. The summed E-state index contributed by atoms with van der Waals surface area (Å²) in [7, 11) is 0. The Morgan fingerprint density at radius 3 is 2.83 bits per heavy atom. The van der Waals surface area contributed by atoms with Gasteiger partial charge in [0, 0.05) is 17.9 Å². The number of esters is 1. The van der Waals surface area contributed by atoms with Crippen LogP contribution in [-0.4, -0.2) is 46.2 Å². The van der Waals surface area contributed by atoms with E-state index in [0.29, 0.717) is 17.1 Å². The number of hydrogen-bond acceptors (Lipinski definition) is 9. The highest BCUT2D eigenvalue weighted by Gasteiger charge is 2.47. The third-order valence-corrected chi connectivity index (χ3v) is 6.19. The Hall–Kier alpha value is -3.81. The SMILES string of the molecule is CCOC(=O)c1csc(NC(=O)c2cc3n(n2)[C@@H](C(F)(F)F)C[C@@H](c2ccc4c(c2)OCO4)N3)n1. The molecule has 0 saturated carbocycles. The van der Waals surface area contributed by atoms with Gasteiger partial charge in [0.2, 0.25) is 6.79 Å². The molecule has 4 heterocycles. The highest BCUT2D eigenvalue weighted by atomic mass is 32.1. The minimum absolute atomic E-state index is 0.0154. The summed E-state index contributed by atoms with van der Waals surface area (Å²) in [5.74, 6) is -0.392. The van der Waals surface area contributed by atoms with E-state index in [2.05, 4.69) is 20.7 Å². The van der Waals surface area contributed by atoms with Gasteiger partial charge in [-0.05, 0) is 24.6 Å². The topological polar surface area (TPSA) is 117 Å². The van der Waals surface area contributed by atoms with Crippen LogP contribution in [0.1, 0.15) is 52.0 Å². The van der Waals surface area contributed by atoms with E-state index in [1.807, 2.05) is 0 Å². The third-order valence-electron chi connectivity index (χ3n) is 5.43. The van der Waals surface area contributed by atoms with Gasteiger partial charge in [-0.1, -0.05) is 6.07 Å². The summed E-state index contributed by atoms with van der Waals surface area (Å²) in [6.45, 7) is 1.86. The van der Waals surface area contributed by atoms with Gasteiger partial charge in [-0.2, -0.15) is 18.3 Å². The Labute approximate surface area is 200 Å². The van der Waals surface area contributed by atoms with Crippen molar-refractivity contribution in [2.45, 2.75) is 31.6 Å². The first-order valence-corrected chi connectivity index (χ1v) is 11.4. The van der Waals surface area contributed by atoms with Crippen LogP contribution >= 0.6 is 11.3 Å². The van der Waals surface area contributed by atoms with Crippen molar-refractivity contribution >= 4 is 34.2 Å². The fourth-order valence-corrected chi connectivity index (χ4v) is 4.50. The number of alkyl halides is 3. The van der Waals surface area contributed by atoms with Gasteiger partial charge in [-0.3, -0.25) is 10.1 Å². The Morgan fingerprint density at radius 2 is 2.06 bits per heavy atom. The number of thiazole rings is 1. The number of aromatic nitrogens is 3. The molecule has 0 saturated heterocycles. The van der Waals surface area contributed by atoms with Crippen LogP contribution in [0.4, 0.5) is 24.1 Å². The van der Waals surface area contributed by atoms with E-state index in [4.69, 9.17) is 14.2 Å². The summed E-state index contributed by atoms with van der Waals surface area (Å²) in [6.07, 6.45) is -4.94. The van der Waals surface area contributed by atoms with Crippen molar-refractivity contribution in [3.05, 3.63) is 46.6 Å². The normalized spacial score (nSPS) is 18.5. The molecule has 2 N–H and O–H groups in total. The number of anilines is 2. The number of carbonyl (C=O) groups is 2. The number of halogens is 3. The minimum Gasteiger partial charge on any atom is -0.461 e. The lowest BCUT2D eigenvalue weighted by molar-refractivity contribution is -0.173. The maximum Gasteiger partial charge on any atom is 0.410 e. The number of fused-ring (bicyclic) bond motifs is 2. The molecule has 0 unspecified atom stereocenters. The Balaban J connectivity index is 1.39. The molecule has 10 nitrogen and oxygen atoms in total. The van der Waals surface area contributed by atoms with Crippen LogP contribution in [0.15, 0.2) is 29.6 Å². The van der Waals surface area contributed by atoms with Crippen molar-refractivity contribution in [2.75, 3.05) is 24.0 Å². The van der Waals surface area contributed by atoms with Crippen LogP contribution in [0.3, 0.4) is 0 Å². The standard InChI is InChI=1S/C21H18F3N5O5S/c1-2-32-19(31)13-8-35-20(26-13)27-18(30)12-7-17-25-11(6-16(21(22,23)24)29(17)28-12)10-3-4-14-15(5-10)34-9-33-14/h3-5,7-8,11,16,25H,2,6,9H2,1H3,(H,26,27,30)/t11-,16+/m0/s1. The highest BCUT2D eigenvalue weighted by Crippen LogP contribution is 2.45. The number of ether oxygens (including phenoxy) is 3. The molecule has 14 heteroatoms. The molecule has 0 fully saturated rings. The number of nitrogens with one attached hydrogen (secondary N) is 2. The average Bonchev–Trinajstić information content (AvgIpc) is 3.56. The van der Waals surface area contributed by atoms with Crippen molar-refractivity contribution in [3.8, 4) is 11.5 Å². The van der Waals surface area contributed by atoms with Crippen molar-refractivity contribution < 1.29 is 37.0 Å². The first-order chi connectivity index (χ1) is 16.7. The number of benzene rings is 1. The zero-order chi connectivity index (χ0) is 24.7. The van der Waals surface area contributed by atoms with Crippen molar-refractivity contribution in [2.24, 2.45) is 0 Å². The molecular formula is C21H18F3N5O5S. The Kier molecular flexibility index (Phi) is 5.75. The molecule has 0 bridgehead atoms. The summed E-state index contributed by atoms with van der Waals surface area (Å²) < 4.78 is 58.0. The Morgan fingerprint density at radius 1 is 1.26 bits per heavy atom. The first-order valence-electron chi connectivity index (χ1n) is 10.5. The van der Waals surface area contributed by atoms with Crippen LogP contribution < -0.4 is 20.1 Å². The molecular weight excluding hydrogens is 491 g/mol. The zero-order valence-corrected chi connectivity index (χ0v) is 18.9. The Bertz CT molecular complexity index is 1290. The van der Waals surface area contributed by atoms with E-state index in [0.717, 1.165) is 16.0 Å². The second-order valence-electron chi connectivity index (χ2n) is 7.67. The number of nitrogens with zero attached hydrogens (tertiary/aromatic N) is 3. The molecule has 1 aromatic carbocycles. The summed E-state index contributed by atoms with van der Waals surface area (Å²) in [6, 6.07) is 3.53. The molecule has 2 aliphatic rings. The molecule has 5 rings (SSSR count). The lowest BCUT2D eigenvalue weighted by Gasteiger charge is -2.33. The maximum atomic E-state index is 13.9. The van der Waals surface area contributed by atoms with Gasteiger partial charge in [0.05, 0.1) is 12.6 Å². The monoisotopic (exact) mass is 509 g/mol. The lowest BCUT2D eigenvalue weighted by atomic mass is 9.96. The summed E-state index contributed by atoms with van der Waals surface area (Å²) in [4.78, 5) is 28.4. The highest BCUT2D eigenvalue weighted by molar-refractivity contribution is 7.14. The van der Waals surface area contributed by atoms with Gasteiger partial charge in [0.1, 0.15) is 5.82 Å². The molecule has 0 aliphatic carbocycles. The van der Waals surface area contributed by atoms with Gasteiger partial charge in [0.25, 0.3) is 5.91 Å². The average molecular weight is 509 g/mol. The van der Waals surface area contributed by atoms with Crippen molar-refractivity contribution in [3.63, 3.8) is 0 Å². The minimum atomic E-state index is -4.60. The van der Waals surface area contributed by atoms with Crippen LogP contribution in [0, 0.1) is 0 Å². The van der Waals surface area contributed by atoms with Crippen molar-refractivity contribution in [1.82, 2.24) is 14.8 Å². The van der Waals surface area contributed by atoms with E-state index in [1.165, 1.54) is 11.4 Å². The second-order valence-corrected chi connectivity index (χ2v) is 8.53. The molecule has 1 amide bonds. The first kappa shape index (κ1) is 23.0. The van der Waals surface area contributed by atoms with Crippen LogP contribution in [0.25, 0.3) is 0 Å². The van der Waals surface area contributed by atoms with Crippen molar-refractivity contribution in [1.29, 1.82) is 0 Å². The van der Waals surface area contributed by atoms with Crippen LogP contribution in [0.5, 0.6) is 11.5 Å². The van der Waals surface area contributed by atoms with Gasteiger partial charge in [-0.15, -0.1) is 11.3 Å².